The summed E-state index contributed by atoms with van der Waals surface area (Å²) in [5.41, 5.74) is 1.83. The number of hydrogen-bond acceptors (Lipinski definition) is 4. The Hall–Kier alpha value is -2.41. The van der Waals surface area contributed by atoms with Crippen LogP contribution in [-0.4, -0.2) is 21.6 Å². The van der Waals surface area contributed by atoms with Crippen LogP contribution in [0.4, 0.5) is 0 Å². The van der Waals surface area contributed by atoms with Crippen LogP contribution in [0.2, 0.25) is 0 Å². The van der Waals surface area contributed by atoms with Gasteiger partial charge in [0.15, 0.2) is 6.04 Å². The first kappa shape index (κ1) is 21.3. The molecule has 2 heterocycles. The number of aryl methyl sites for hydroxylation is 1. The molecule has 1 unspecified atom stereocenters. The van der Waals surface area contributed by atoms with Gasteiger partial charge in [-0.3, -0.25) is 9.59 Å². The summed E-state index contributed by atoms with van der Waals surface area (Å²) < 4.78 is 1.76. The number of carbonyl (C=O) groups is 2. The van der Waals surface area contributed by atoms with Crippen molar-refractivity contribution in [2.24, 2.45) is 0 Å². The van der Waals surface area contributed by atoms with E-state index in [1.165, 1.54) is 11.3 Å². The molecule has 7 heteroatoms. The topological polar surface area (TPSA) is 88.4 Å². The van der Waals surface area contributed by atoms with Gasteiger partial charge in [0.2, 0.25) is 0 Å². The van der Waals surface area contributed by atoms with Crippen LogP contribution in [0.3, 0.4) is 0 Å². The van der Waals surface area contributed by atoms with Crippen molar-refractivity contribution in [2.45, 2.75) is 70.9 Å². The molecule has 0 saturated heterocycles. The van der Waals surface area contributed by atoms with Gasteiger partial charge in [0, 0.05) is 17.1 Å². The third-order valence-electron chi connectivity index (χ3n) is 5.43. The molecule has 2 aromatic rings. The van der Waals surface area contributed by atoms with Crippen LogP contribution in [-0.2, 0) is 24.2 Å². The van der Waals surface area contributed by atoms with Gasteiger partial charge in [0.05, 0.1) is 0 Å². The Balaban J connectivity index is 1.99. The van der Waals surface area contributed by atoms with Crippen molar-refractivity contribution in [3.8, 4) is 0 Å². The van der Waals surface area contributed by atoms with E-state index in [0.717, 1.165) is 62.6 Å². The van der Waals surface area contributed by atoms with E-state index in [4.69, 9.17) is 0 Å². The smallest absolute Gasteiger partial charge is 0.331 e. The molecule has 0 fully saturated rings. The molecule has 0 spiro atoms. The first-order chi connectivity index (χ1) is 14.0. The minimum Gasteiger partial charge on any atom is -0.479 e. The van der Waals surface area contributed by atoms with Crippen LogP contribution >= 0.6 is 11.3 Å². The van der Waals surface area contributed by atoms with Gasteiger partial charge in [0.25, 0.3) is 11.5 Å². The predicted octanol–water partition coefficient (Wildman–Crippen LogP) is 3.92. The Labute approximate surface area is 174 Å². The number of rotatable bonds is 7. The Bertz CT molecular complexity index is 918. The summed E-state index contributed by atoms with van der Waals surface area (Å²) >= 11 is 1.26. The molecule has 1 atom stereocenters. The van der Waals surface area contributed by atoms with E-state index in [1.807, 2.05) is 0 Å². The normalized spacial score (nSPS) is 15.1. The van der Waals surface area contributed by atoms with Gasteiger partial charge in [0.1, 0.15) is 5.56 Å². The third-order valence-corrected chi connectivity index (χ3v) is 6.37. The lowest BCUT2D eigenvalue weighted by atomic mass is 9.95. The fourth-order valence-electron chi connectivity index (χ4n) is 3.87. The number of carboxylic acid groups (broad SMARTS) is 1. The molecule has 0 bridgehead atoms. The van der Waals surface area contributed by atoms with Crippen molar-refractivity contribution in [3.63, 3.8) is 0 Å². The monoisotopic (exact) mass is 416 g/mol. The van der Waals surface area contributed by atoms with Crippen LogP contribution in [0.1, 0.15) is 78.0 Å². The lowest BCUT2D eigenvalue weighted by Gasteiger charge is -2.21. The summed E-state index contributed by atoms with van der Waals surface area (Å²) in [6.07, 6.45) is 7.90. The van der Waals surface area contributed by atoms with Crippen LogP contribution in [0.5, 0.6) is 0 Å². The minimum absolute atomic E-state index is 0.0447. The maximum Gasteiger partial charge on any atom is 0.331 e. The van der Waals surface area contributed by atoms with E-state index in [9.17, 15) is 19.5 Å². The summed E-state index contributed by atoms with van der Waals surface area (Å²) in [6, 6.07) is 3.95. The SMILES string of the molecule is CCCCn1c2c(cc(C(=O)NC(C(=O)O)c3cccs3)c1=O)CCCCCC2. The number of carboxylic acids is 1. The maximum atomic E-state index is 13.2. The van der Waals surface area contributed by atoms with Crippen molar-refractivity contribution in [2.75, 3.05) is 0 Å². The number of hydrogen-bond donors (Lipinski definition) is 2. The lowest BCUT2D eigenvalue weighted by Crippen LogP contribution is -2.39. The summed E-state index contributed by atoms with van der Waals surface area (Å²) in [7, 11) is 0. The van der Waals surface area contributed by atoms with Crippen LogP contribution in [0, 0.1) is 0 Å². The highest BCUT2D eigenvalue weighted by atomic mass is 32.1. The second-order valence-electron chi connectivity index (χ2n) is 7.51. The number of nitrogens with zero attached hydrogens (tertiary/aromatic N) is 1. The largest absolute Gasteiger partial charge is 0.479 e. The molecule has 29 heavy (non-hydrogen) atoms. The van der Waals surface area contributed by atoms with Gasteiger partial charge in [-0.2, -0.15) is 0 Å². The van der Waals surface area contributed by atoms with E-state index < -0.39 is 17.9 Å². The fraction of sp³-hybridized carbons (Fsp3) is 0.500. The van der Waals surface area contributed by atoms with E-state index in [-0.39, 0.29) is 11.1 Å². The van der Waals surface area contributed by atoms with Gasteiger partial charge in [-0.15, -0.1) is 11.3 Å². The lowest BCUT2D eigenvalue weighted by molar-refractivity contribution is -0.139. The molecule has 2 aromatic heterocycles. The molecule has 2 N–H and O–H groups in total. The molecule has 3 rings (SSSR count). The third kappa shape index (κ3) is 4.96. The second kappa shape index (κ2) is 9.87. The van der Waals surface area contributed by atoms with Crippen LogP contribution < -0.4 is 10.9 Å². The van der Waals surface area contributed by atoms with E-state index in [2.05, 4.69) is 12.2 Å². The van der Waals surface area contributed by atoms with E-state index in [1.54, 1.807) is 28.1 Å². The van der Waals surface area contributed by atoms with Crippen molar-refractivity contribution < 1.29 is 14.7 Å². The standard InChI is InChI=1S/C22H28N2O4S/c1-2-3-12-24-17-10-7-5-4-6-9-15(17)14-16(21(24)26)20(25)23-19(22(27)28)18-11-8-13-29-18/h8,11,13-14,19H,2-7,9-10,12H2,1H3,(H,23,25)(H,27,28). The zero-order valence-electron chi connectivity index (χ0n) is 16.8. The Morgan fingerprint density at radius 1 is 1.24 bits per heavy atom. The Kier molecular flexibility index (Phi) is 7.25. The number of unbranched alkanes of at least 4 members (excludes halogenated alkanes) is 1. The number of pyridine rings is 1. The first-order valence-corrected chi connectivity index (χ1v) is 11.2. The highest BCUT2D eigenvalue weighted by molar-refractivity contribution is 7.10. The zero-order valence-corrected chi connectivity index (χ0v) is 17.6. The first-order valence-electron chi connectivity index (χ1n) is 10.4. The van der Waals surface area contributed by atoms with Gasteiger partial charge in [-0.1, -0.05) is 32.3 Å². The van der Waals surface area contributed by atoms with Gasteiger partial charge < -0.3 is 15.0 Å². The quantitative estimate of drug-likeness (QED) is 0.716. The van der Waals surface area contributed by atoms with Gasteiger partial charge >= 0.3 is 5.97 Å². The van der Waals surface area contributed by atoms with Crippen molar-refractivity contribution in [1.29, 1.82) is 0 Å². The van der Waals surface area contributed by atoms with Crippen molar-refractivity contribution in [1.82, 2.24) is 9.88 Å². The summed E-state index contributed by atoms with van der Waals surface area (Å²) in [5.74, 6) is -1.76. The Morgan fingerprint density at radius 3 is 2.66 bits per heavy atom. The molecule has 6 nitrogen and oxygen atoms in total. The highest BCUT2D eigenvalue weighted by Crippen LogP contribution is 2.22. The summed E-state index contributed by atoms with van der Waals surface area (Å²) in [4.78, 5) is 38.4. The zero-order chi connectivity index (χ0) is 20.8. The maximum absolute atomic E-state index is 13.2. The molecule has 0 aliphatic heterocycles. The minimum atomic E-state index is -1.16. The molecule has 1 aliphatic carbocycles. The number of thiophene rings is 1. The molecular formula is C22H28N2O4S. The van der Waals surface area contributed by atoms with Gasteiger partial charge in [-0.05, 0) is 55.2 Å². The summed E-state index contributed by atoms with van der Waals surface area (Å²) in [6.45, 7) is 2.66. The Morgan fingerprint density at radius 2 is 2.00 bits per heavy atom. The average Bonchev–Trinajstić information content (AvgIpc) is 3.20. The van der Waals surface area contributed by atoms with Crippen molar-refractivity contribution in [3.05, 3.63) is 55.6 Å². The van der Waals surface area contributed by atoms with Gasteiger partial charge in [-0.25, -0.2) is 4.79 Å². The fourth-order valence-corrected chi connectivity index (χ4v) is 4.64. The number of fused-ring (bicyclic) bond motifs is 1. The van der Waals surface area contributed by atoms with E-state index in [0.29, 0.717) is 11.4 Å². The number of amides is 1. The number of aromatic nitrogens is 1. The molecule has 0 saturated carbocycles. The predicted molar refractivity (Wildman–Crippen MR) is 114 cm³/mol. The van der Waals surface area contributed by atoms with Crippen molar-refractivity contribution >= 4 is 23.2 Å². The molecule has 156 valence electrons. The average molecular weight is 417 g/mol. The number of nitrogens with one attached hydrogen (secondary N) is 1. The molecule has 0 radical (unpaired) electrons. The molecule has 1 aliphatic rings. The van der Waals surface area contributed by atoms with Crippen LogP contribution in [0.15, 0.2) is 28.4 Å². The molecule has 1 amide bonds. The second-order valence-corrected chi connectivity index (χ2v) is 8.49. The highest BCUT2D eigenvalue weighted by Gasteiger charge is 2.26. The summed E-state index contributed by atoms with van der Waals surface area (Å²) in [5, 5.41) is 13.9. The molecule has 0 aromatic carbocycles. The number of aliphatic carboxylic acids is 1. The van der Waals surface area contributed by atoms with E-state index >= 15 is 0 Å². The molecular weight excluding hydrogens is 388 g/mol. The number of carbonyl (C=O) groups excluding carboxylic acids is 1. The van der Waals surface area contributed by atoms with Crippen LogP contribution in [0.25, 0.3) is 0 Å².